The third-order valence-corrected chi connectivity index (χ3v) is 7.40. The van der Waals surface area contributed by atoms with Crippen molar-refractivity contribution in [2.45, 2.75) is 18.9 Å². The summed E-state index contributed by atoms with van der Waals surface area (Å²) in [7, 11) is -2.07. The third-order valence-electron chi connectivity index (χ3n) is 5.51. The van der Waals surface area contributed by atoms with Crippen LogP contribution in [0.15, 0.2) is 42.5 Å². The van der Waals surface area contributed by atoms with E-state index < -0.39 is 27.8 Å². The lowest BCUT2D eigenvalue weighted by atomic mass is 10.0. The van der Waals surface area contributed by atoms with Crippen molar-refractivity contribution in [1.82, 2.24) is 4.90 Å². The highest BCUT2D eigenvalue weighted by atomic mass is 32.2. The number of hydrogen-bond donors (Lipinski definition) is 1. The molecule has 1 amide bonds. The van der Waals surface area contributed by atoms with E-state index >= 15 is 0 Å². The second kappa shape index (κ2) is 7.84. The molecule has 0 aliphatic carbocycles. The number of para-hydroxylation sites is 2. The molecule has 0 aromatic heterocycles. The van der Waals surface area contributed by atoms with Crippen LogP contribution in [0.1, 0.15) is 12.8 Å². The zero-order valence-corrected chi connectivity index (χ0v) is 17.2. The van der Waals surface area contributed by atoms with E-state index in [2.05, 4.69) is 5.32 Å². The van der Waals surface area contributed by atoms with E-state index in [1.807, 2.05) is 11.0 Å². The van der Waals surface area contributed by atoms with Crippen molar-refractivity contribution in [3.63, 3.8) is 0 Å². The van der Waals surface area contributed by atoms with E-state index in [1.54, 1.807) is 25.2 Å². The molecule has 0 radical (unpaired) electrons. The molecule has 4 rings (SSSR count). The molecule has 2 aliphatic rings. The molecular formula is C20H22F2N4O3S. The van der Waals surface area contributed by atoms with Gasteiger partial charge in [-0.25, -0.2) is 13.1 Å². The van der Waals surface area contributed by atoms with Gasteiger partial charge >= 0.3 is 10.2 Å². The summed E-state index contributed by atoms with van der Waals surface area (Å²) >= 11 is 0. The number of carbonyl (C=O) groups is 1. The highest BCUT2D eigenvalue weighted by molar-refractivity contribution is 7.94. The van der Waals surface area contributed by atoms with Crippen LogP contribution >= 0.6 is 0 Å². The van der Waals surface area contributed by atoms with Gasteiger partial charge in [-0.3, -0.25) is 14.0 Å². The van der Waals surface area contributed by atoms with Crippen molar-refractivity contribution in [3.05, 3.63) is 54.1 Å². The fourth-order valence-electron chi connectivity index (χ4n) is 3.98. The first-order chi connectivity index (χ1) is 14.3. The minimum absolute atomic E-state index is 0.0484. The quantitative estimate of drug-likeness (QED) is 0.800. The first kappa shape index (κ1) is 20.5. The predicted octanol–water partition coefficient (Wildman–Crippen LogP) is 2.57. The molecule has 1 saturated heterocycles. The van der Waals surface area contributed by atoms with Gasteiger partial charge in [0, 0.05) is 32.2 Å². The Morgan fingerprint density at radius 1 is 1.10 bits per heavy atom. The second-order valence-electron chi connectivity index (χ2n) is 7.44. The largest absolute Gasteiger partial charge is 0.326 e. The highest BCUT2D eigenvalue weighted by Gasteiger charge is 2.42. The van der Waals surface area contributed by atoms with Crippen LogP contribution in [-0.2, 0) is 15.0 Å². The Labute approximate surface area is 174 Å². The van der Waals surface area contributed by atoms with E-state index in [0.29, 0.717) is 43.4 Å². The number of benzene rings is 2. The monoisotopic (exact) mass is 436 g/mol. The number of fused-ring (bicyclic) bond motifs is 1. The number of amides is 1. The number of halogens is 2. The maximum atomic E-state index is 13.7. The molecule has 1 N–H and O–H groups in total. The van der Waals surface area contributed by atoms with Crippen LogP contribution < -0.4 is 13.9 Å². The lowest BCUT2D eigenvalue weighted by Gasteiger charge is -2.36. The summed E-state index contributed by atoms with van der Waals surface area (Å²) in [6, 6.07) is 9.97. The van der Waals surface area contributed by atoms with Gasteiger partial charge in [-0.15, -0.1) is 0 Å². The van der Waals surface area contributed by atoms with Gasteiger partial charge in [-0.2, -0.15) is 8.42 Å². The van der Waals surface area contributed by atoms with Crippen molar-refractivity contribution in [2.75, 3.05) is 40.6 Å². The number of piperidine rings is 1. The zero-order chi connectivity index (χ0) is 21.5. The summed E-state index contributed by atoms with van der Waals surface area (Å²) in [4.78, 5) is 14.1. The first-order valence-electron chi connectivity index (χ1n) is 9.62. The highest BCUT2D eigenvalue weighted by Crippen LogP contribution is 2.42. The van der Waals surface area contributed by atoms with Crippen molar-refractivity contribution in [3.8, 4) is 0 Å². The van der Waals surface area contributed by atoms with Crippen LogP contribution in [0.25, 0.3) is 0 Å². The molecule has 2 aromatic rings. The van der Waals surface area contributed by atoms with Gasteiger partial charge in [0.2, 0.25) is 5.91 Å². The van der Waals surface area contributed by atoms with E-state index in [1.165, 1.54) is 14.7 Å². The smallest absolute Gasteiger partial charge is 0.322 e. The molecule has 2 heterocycles. The number of hydrogen-bond acceptors (Lipinski definition) is 4. The fourth-order valence-corrected chi connectivity index (χ4v) is 5.64. The molecule has 0 spiro atoms. The number of rotatable bonds is 4. The number of carbonyl (C=O) groups excluding carboxylic acids is 1. The standard InChI is InChI=1S/C20H22F2N4O3S/c1-24-18-4-2-3-5-19(18)26(30(24,28)29)15-8-10-25(11-9-15)13-20(27)23-17-7-6-14(21)12-16(17)22/h2-7,12,15H,8-11,13H2,1H3,(H,23,27). The minimum Gasteiger partial charge on any atom is -0.322 e. The summed E-state index contributed by atoms with van der Waals surface area (Å²) in [5.74, 6) is -1.95. The van der Waals surface area contributed by atoms with Crippen molar-refractivity contribution < 1.29 is 22.0 Å². The molecule has 7 nitrogen and oxygen atoms in total. The Balaban J connectivity index is 1.38. The van der Waals surface area contributed by atoms with Crippen molar-refractivity contribution in [1.29, 1.82) is 0 Å². The van der Waals surface area contributed by atoms with Crippen molar-refractivity contribution >= 4 is 33.2 Å². The number of anilines is 3. The van der Waals surface area contributed by atoms with E-state index in [4.69, 9.17) is 0 Å². The number of nitrogens with zero attached hydrogens (tertiary/aromatic N) is 3. The van der Waals surface area contributed by atoms with E-state index in [-0.39, 0.29) is 18.3 Å². The van der Waals surface area contributed by atoms with Gasteiger partial charge in [0.15, 0.2) is 0 Å². The summed E-state index contributed by atoms with van der Waals surface area (Å²) < 4.78 is 55.2. The van der Waals surface area contributed by atoms with Crippen LogP contribution in [-0.4, -0.2) is 51.9 Å². The van der Waals surface area contributed by atoms with Crippen LogP contribution in [0.4, 0.5) is 25.8 Å². The predicted molar refractivity (Wildman–Crippen MR) is 111 cm³/mol. The van der Waals surface area contributed by atoms with Crippen LogP contribution in [0.5, 0.6) is 0 Å². The summed E-state index contributed by atoms with van der Waals surface area (Å²) in [5, 5.41) is 2.45. The molecule has 0 atom stereocenters. The van der Waals surface area contributed by atoms with Gasteiger partial charge in [-0.1, -0.05) is 12.1 Å². The Bertz CT molecular complexity index is 1070. The fraction of sp³-hybridized carbons (Fsp3) is 0.350. The number of likely N-dealkylation sites (tertiary alicyclic amines) is 1. The molecule has 0 saturated carbocycles. The van der Waals surface area contributed by atoms with Gasteiger partial charge in [0.1, 0.15) is 11.6 Å². The lowest BCUT2D eigenvalue weighted by molar-refractivity contribution is -0.117. The summed E-state index contributed by atoms with van der Waals surface area (Å²) in [6.07, 6.45) is 1.14. The van der Waals surface area contributed by atoms with Crippen LogP contribution in [0.2, 0.25) is 0 Å². The molecule has 160 valence electrons. The Morgan fingerprint density at radius 2 is 1.77 bits per heavy atom. The topological polar surface area (TPSA) is 73.0 Å². The van der Waals surface area contributed by atoms with Gasteiger partial charge in [0.05, 0.1) is 23.6 Å². The Morgan fingerprint density at radius 3 is 2.43 bits per heavy atom. The maximum absolute atomic E-state index is 13.7. The molecule has 2 aliphatic heterocycles. The average molecular weight is 436 g/mol. The molecule has 2 aromatic carbocycles. The van der Waals surface area contributed by atoms with E-state index in [0.717, 1.165) is 6.07 Å². The zero-order valence-electron chi connectivity index (χ0n) is 16.4. The molecule has 1 fully saturated rings. The van der Waals surface area contributed by atoms with Crippen molar-refractivity contribution in [2.24, 2.45) is 0 Å². The van der Waals surface area contributed by atoms with Gasteiger partial charge in [-0.05, 0) is 37.1 Å². The SMILES string of the molecule is CN1c2ccccc2N(C2CCN(CC(=O)Nc3ccc(F)cc3F)CC2)S1(=O)=O. The minimum atomic E-state index is -3.62. The van der Waals surface area contributed by atoms with Crippen LogP contribution in [0.3, 0.4) is 0 Å². The average Bonchev–Trinajstić information content (AvgIpc) is 2.91. The molecular weight excluding hydrogens is 414 g/mol. The van der Waals surface area contributed by atoms with Gasteiger partial charge < -0.3 is 5.32 Å². The van der Waals surface area contributed by atoms with Crippen LogP contribution in [0, 0.1) is 11.6 Å². The Hall–Kier alpha value is -2.72. The molecule has 10 heteroatoms. The second-order valence-corrected chi connectivity index (χ2v) is 9.28. The molecule has 0 unspecified atom stereocenters. The number of nitrogens with one attached hydrogen (secondary N) is 1. The molecule has 30 heavy (non-hydrogen) atoms. The maximum Gasteiger partial charge on any atom is 0.326 e. The Kier molecular flexibility index (Phi) is 5.37. The first-order valence-corrected chi connectivity index (χ1v) is 11.0. The third kappa shape index (κ3) is 3.72. The summed E-state index contributed by atoms with van der Waals surface area (Å²) in [6.45, 7) is 1.11. The molecule has 0 bridgehead atoms. The summed E-state index contributed by atoms with van der Waals surface area (Å²) in [5.41, 5.74) is 1.25. The normalized spacial score (nSPS) is 19.0. The van der Waals surface area contributed by atoms with E-state index in [9.17, 15) is 22.0 Å². The lowest BCUT2D eigenvalue weighted by Crippen LogP contribution is -2.49. The van der Waals surface area contributed by atoms with Gasteiger partial charge in [0.25, 0.3) is 0 Å².